The lowest BCUT2D eigenvalue weighted by Crippen LogP contribution is -2.49. The standard InChI is InChI=1S/C20H25N3OS2/c24-19(22-10-8-21(9-11-22)13-15-3-4-15)18-16-5-12-25-14-17(16)26-20(18)23-6-1-2-7-23/h1-2,6-7,15H,3-5,8-14H2. The fourth-order valence-corrected chi connectivity index (χ4v) is 6.49. The highest BCUT2D eigenvalue weighted by molar-refractivity contribution is 7.98. The van der Waals surface area contributed by atoms with Gasteiger partial charge in [-0.05, 0) is 48.6 Å². The molecule has 4 nitrogen and oxygen atoms in total. The maximum absolute atomic E-state index is 13.5. The Bertz CT molecular complexity index is 786. The molecule has 5 rings (SSSR count). The summed E-state index contributed by atoms with van der Waals surface area (Å²) in [7, 11) is 0. The van der Waals surface area contributed by atoms with Crippen LogP contribution in [0.3, 0.4) is 0 Å². The molecule has 1 amide bonds. The van der Waals surface area contributed by atoms with Gasteiger partial charge in [0.1, 0.15) is 5.00 Å². The highest BCUT2D eigenvalue weighted by Gasteiger charge is 2.32. The number of thioether (sulfide) groups is 1. The van der Waals surface area contributed by atoms with E-state index < -0.39 is 0 Å². The van der Waals surface area contributed by atoms with Crippen molar-refractivity contribution in [1.29, 1.82) is 0 Å². The number of amides is 1. The summed E-state index contributed by atoms with van der Waals surface area (Å²) >= 11 is 3.80. The summed E-state index contributed by atoms with van der Waals surface area (Å²) in [6.07, 6.45) is 7.96. The molecular weight excluding hydrogens is 362 g/mol. The van der Waals surface area contributed by atoms with Crippen molar-refractivity contribution in [2.24, 2.45) is 5.92 Å². The van der Waals surface area contributed by atoms with Crippen LogP contribution in [0.2, 0.25) is 0 Å². The number of rotatable bonds is 4. The number of aromatic nitrogens is 1. The first-order valence-electron chi connectivity index (χ1n) is 9.67. The van der Waals surface area contributed by atoms with Gasteiger partial charge in [0.2, 0.25) is 0 Å². The number of carbonyl (C=O) groups excluding carboxylic acids is 1. The van der Waals surface area contributed by atoms with Crippen LogP contribution in [-0.2, 0) is 12.2 Å². The number of hydrogen-bond acceptors (Lipinski definition) is 4. The summed E-state index contributed by atoms with van der Waals surface area (Å²) in [5.74, 6) is 3.37. The van der Waals surface area contributed by atoms with Crippen LogP contribution in [0.4, 0.5) is 0 Å². The molecule has 0 spiro atoms. The summed E-state index contributed by atoms with van der Waals surface area (Å²) in [5, 5.41) is 1.12. The molecule has 2 aromatic heterocycles. The smallest absolute Gasteiger partial charge is 0.257 e. The van der Waals surface area contributed by atoms with Gasteiger partial charge in [0.25, 0.3) is 5.91 Å². The van der Waals surface area contributed by atoms with E-state index in [0.29, 0.717) is 0 Å². The minimum absolute atomic E-state index is 0.254. The Morgan fingerprint density at radius 3 is 2.62 bits per heavy atom. The van der Waals surface area contributed by atoms with Gasteiger partial charge in [-0.3, -0.25) is 9.69 Å². The van der Waals surface area contributed by atoms with Crippen LogP contribution in [0.25, 0.3) is 5.00 Å². The predicted octanol–water partition coefficient (Wildman–Crippen LogP) is 3.50. The van der Waals surface area contributed by atoms with Gasteiger partial charge in [0.05, 0.1) is 5.56 Å². The molecule has 1 saturated heterocycles. The maximum Gasteiger partial charge on any atom is 0.257 e. The third-order valence-corrected chi connectivity index (χ3v) is 8.14. The zero-order valence-corrected chi connectivity index (χ0v) is 16.7. The Hall–Kier alpha value is -1.24. The maximum atomic E-state index is 13.5. The monoisotopic (exact) mass is 387 g/mol. The van der Waals surface area contributed by atoms with E-state index in [9.17, 15) is 4.79 Å². The van der Waals surface area contributed by atoms with Gasteiger partial charge < -0.3 is 9.47 Å². The summed E-state index contributed by atoms with van der Waals surface area (Å²) in [5.41, 5.74) is 2.31. The Morgan fingerprint density at radius 1 is 1.12 bits per heavy atom. The lowest BCUT2D eigenvalue weighted by Gasteiger charge is -2.35. The lowest BCUT2D eigenvalue weighted by molar-refractivity contribution is 0.0631. The Balaban J connectivity index is 1.40. The molecular formula is C20H25N3OS2. The van der Waals surface area contributed by atoms with E-state index in [4.69, 9.17) is 0 Å². The van der Waals surface area contributed by atoms with Crippen molar-refractivity contribution in [2.45, 2.75) is 25.0 Å². The van der Waals surface area contributed by atoms with E-state index in [1.165, 1.54) is 29.8 Å². The molecule has 1 aliphatic carbocycles. The second-order valence-electron chi connectivity index (χ2n) is 7.61. The van der Waals surface area contributed by atoms with Gasteiger partial charge in [-0.1, -0.05) is 0 Å². The fraction of sp³-hybridized carbons (Fsp3) is 0.550. The quantitative estimate of drug-likeness (QED) is 0.804. The van der Waals surface area contributed by atoms with E-state index in [2.05, 4.69) is 26.8 Å². The van der Waals surface area contributed by atoms with E-state index >= 15 is 0 Å². The molecule has 0 atom stereocenters. The summed E-state index contributed by atoms with van der Waals surface area (Å²) in [6, 6.07) is 4.08. The van der Waals surface area contributed by atoms with E-state index in [0.717, 1.165) is 60.6 Å². The topological polar surface area (TPSA) is 28.5 Å². The van der Waals surface area contributed by atoms with Crippen LogP contribution in [0.5, 0.6) is 0 Å². The molecule has 2 aliphatic heterocycles. The zero-order chi connectivity index (χ0) is 17.5. The van der Waals surface area contributed by atoms with Crippen molar-refractivity contribution in [3.8, 4) is 5.00 Å². The Kier molecular flexibility index (Phi) is 4.59. The average Bonchev–Trinajstić information content (AvgIpc) is 3.19. The number of nitrogens with zero attached hydrogens (tertiary/aromatic N) is 3. The minimum Gasteiger partial charge on any atom is -0.336 e. The number of carbonyl (C=O) groups is 1. The van der Waals surface area contributed by atoms with E-state index in [1.807, 2.05) is 35.2 Å². The van der Waals surface area contributed by atoms with E-state index in [-0.39, 0.29) is 5.91 Å². The molecule has 0 radical (unpaired) electrons. The molecule has 0 N–H and O–H groups in total. The normalized spacial score (nSPS) is 21.0. The van der Waals surface area contributed by atoms with Crippen molar-refractivity contribution in [1.82, 2.24) is 14.4 Å². The predicted molar refractivity (Wildman–Crippen MR) is 109 cm³/mol. The van der Waals surface area contributed by atoms with E-state index in [1.54, 1.807) is 0 Å². The van der Waals surface area contributed by atoms with Crippen LogP contribution in [-0.4, -0.2) is 58.8 Å². The Labute approximate surface area is 163 Å². The average molecular weight is 388 g/mol. The van der Waals surface area contributed by atoms with Gasteiger partial charge in [0.15, 0.2) is 0 Å². The van der Waals surface area contributed by atoms with Crippen molar-refractivity contribution < 1.29 is 4.79 Å². The van der Waals surface area contributed by atoms with Crippen molar-refractivity contribution >= 4 is 29.0 Å². The largest absolute Gasteiger partial charge is 0.336 e. The molecule has 2 aromatic rings. The molecule has 0 bridgehead atoms. The van der Waals surface area contributed by atoms with Gasteiger partial charge in [-0.2, -0.15) is 11.8 Å². The second-order valence-corrected chi connectivity index (χ2v) is 9.80. The number of hydrogen-bond donors (Lipinski definition) is 0. The minimum atomic E-state index is 0.254. The van der Waals surface area contributed by atoms with Crippen molar-refractivity contribution in [3.63, 3.8) is 0 Å². The van der Waals surface area contributed by atoms with Crippen LogP contribution in [0.1, 0.15) is 33.6 Å². The summed E-state index contributed by atoms with van der Waals surface area (Å²) in [6.45, 7) is 5.04. The van der Waals surface area contributed by atoms with Crippen LogP contribution in [0, 0.1) is 5.92 Å². The second kappa shape index (κ2) is 7.06. The number of piperazine rings is 1. The molecule has 26 heavy (non-hydrogen) atoms. The first-order chi connectivity index (χ1) is 12.8. The van der Waals surface area contributed by atoms with Crippen LogP contribution < -0.4 is 0 Å². The summed E-state index contributed by atoms with van der Waals surface area (Å²) in [4.78, 5) is 19.5. The SMILES string of the molecule is O=C(c1c(-n2cccc2)sc2c1CCSC2)N1CCN(CC2CC2)CC1. The fourth-order valence-electron chi connectivity index (χ4n) is 4.05. The molecule has 0 aromatic carbocycles. The third-order valence-electron chi connectivity index (χ3n) is 5.73. The first-order valence-corrected chi connectivity index (χ1v) is 11.6. The van der Waals surface area contributed by atoms with Gasteiger partial charge in [-0.25, -0.2) is 0 Å². The number of thiophene rings is 1. The van der Waals surface area contributed by atoms with Crippen LogP contribution in [0.15, 0.2) is 24.5 Å². The Morgan fingerprint density at radius 2 is 1.88 bits per heavy atom. The zero-order valence-electron chi connectivity index (χ0n) is 15.0. The van der Waals surface area contributed by atoms with Crippen molar-refractivity contribution in [3.05, 3.63) is 40.5 Å². The highest BCUT2D eigenvalue weighted by Crippen LogP contribution is 2.39. The summed E-state index contributed by atoms with van der Waals surface area (Å²) < 4.78 is 2.13. The molecule has 1 saturated carbocycles. The molecule has 0 unspecified atom stereocenters. The molecule has 138 valence electrons. The molecule has 4 heterocycles. The third kappa shape index (κ3) is 3.23. The van der Waals surface area contributed by atoms with Crippen molar-refractivity contribution in [2.75, 3.05) is 38.5 Å². The highest BCUT2D eigenvalue weighted by atomic mass is 32.2. The lowest BCUT2D eigenvalue weighted by atomic mass is 10.1. The molecule has 2 fully saturated rings. The number of fused-ring (bicyclic) bond motifs is 1. The first kappa shape index (κ1) is 16.9. The molecule has 6 heteroatoms. The van der Waals surface area contributed by atoms with Gasteiger partial charge in [-0.15, -0.1) is 11.3 Å². The molecule has 3 aliphatic rings. The van der Waals surface area contributed by atoms with Crippen LogP contribution >= 0.6 is 23.1 Å². The van der Waals surface area contributed by atoms with Gasteiger partial charge in [0, 0.05) is 55.7 Å². The van der Waals surface area contributed by atoms with Gasteiger partial charge >= 0.3 is 0 Å².